The van der Waals surface area contributed by atoms with E-state index in [4.69, 9.17) is 8.83 Å². The molecule has 0 radical (unpaired) electrons. The van der Waals surface area contributed by atoms with Crippen LogP contribution in [0, 0.1) is 0 Å². The Bertz CT molecular complexity index is 717. The topological polar surface area (TPSA) is 52.1 Å². The van der Waals surface area contributed by atoms with Crippen LogP contribution in [0.15, 0.2) is 51.5 Å². The summed E-state index contributed by atoms with van der Waals surface area (Å²) in [6, 6.07) is 7.95. The quantitative estimate of drug-likeness (QED) is 0.711. The molecule has 0 aliphatic rings. The summed E-state index contributed by atoms with van der Waals surface area (Å²) in [5.74, 6) is 0.473. The molecule has 0 saturated carbocycles. The number of benzene rings is 1. The Morgan fingerprint density at radius 3 is 2.45 bits per heavy atom. The predicted octanol–water partition coefficient (Wildman–Crippen LogP) is 4.02. The van der Waals surface area contributed by atoms with E-state index in [9.17, 15) is 13.2 Å². The van der Waals surface area contributed by atoms with Crippen molar-refractivity contribution in [2.75, 3.05) is 0 Å². The zero-order chi connectivity index (χ0) is 14.2. The lowest BCUT2D eigenvalue weighted by atomic mass is 10.1. The highest BCUT2D eigenvalue weighted by Gasteiger charge is 2.30. The molecule has 0 N–H and O–H groups in total. The van der Waals surface area contributed by atoms with Crippen molar-refractivity contribution < 1.29 is 22.0 Å². The Morgan fingerprint density at radius 1 is 0.950 bits per heavy atom. The van der Waals surface area contributed by atoms with Gasteiger partial charge in [0.15, 0.2) is 5.76 Å². The first-order valence-corrected chi connectivity index (χ1v) is 5.59. The van der Waals surface area contributed by atoms with E-state index in [0.29, 0.717) is 5.76 Å². The van der Waals surface area contributed by atoms with E-state index in [2.05, 4.69) is 10.2 Å². The Morgan fingerprint density at radius 2 is 1.75 bits per heavy atom. The molecule has 2 heterocycles. The van der Waals surface area contributed by atoms with E-state index in [1.165, 1.54) is 18.4 Å². The van der Waals surface area contributed by atoms with Gasteiger partial charge in [0.25, 0.3) is 5.89 Å². The van der Waals surface area contributed by atoms with Gasteiger partial charge in [-0.2, -0.15) is 13.2 Å². The third-order valence-corrected chi connectivity index (χ3v) is 2.59. The Labute approximate surface area is 110 Å². The fourth-order valence-corrected chi connectivity index (χ4v) is 1.67. The number of hydrogen-bond donors (Lipinski definition) is 0. The molecule has 0 aliphatic carbocycles. The van der Waals surface area contributed by atoms with Crippen LogP contribution in [-0.4, -0.2) is 10.2 Å². The van der Waals surface area contributed by atoms with Gasteiger partial charge in [-0.25, -0.2) is 0 Å². The number of nitrogens with zero attached hydrogens (tertiary/aromatic N) is 2. The number of rotatable bonds is 2. The number of alkyl halides is 3. The summed E-state index contributed by atoms with van der Waals surface area (Å²) in [5, 5.41) is 7.46. The number of hydrogen-bond acceptors (Lipinski definition) is 4. The molecule has 2 aromatic heterocycles. The molecular formula is C13H7F3N2O2. The van der Waals surface area contributed by atoms with Crippen LogP contribution in [-0.2, 0) is 6.18 Å². The Balaban J connectivity index is 1.98. The van der Waals surface area contributed by atoms with Gasteiger partial charge in [0.2, 0.25) is 5.89 Å². The second-order valence-corrected chi connectivity index (χ2v) is 3.97. The molecule has 0 spiro atoms. The molecule has 0 fully saturated rings. The zero-order valence-corrected chi connectivity index (χ0v) is 9.89. The first kappa shape index (κ1) is 12.5. The van der Waals surface area contributed by atoms with Gasteiger partial charge in [0, 0.05) is 5.56 Å². The normalized spacial score (nSPS) is 11.8. The van der Waals surface area contributed by atoms with Gasteiger partial charge in [0.1, 0.15) is 0 Å². The molecule has 3 aromatic rings. The van der Waals surface area contributed by atoms with Crippen LogP contribution in [0.4, 0.5) is 13.2 Å². The van der Waals surface area contributed by atoms with Crippen molar-refractivity contribution in [3.05, 3.63) is 48.2 Å². The molecule has 1 aromatic carbocycles. The molecule has 0 atom stereocenters. The maximum Gasteiger partial charge on any atom is 0.416 e. The van der Waals surface area contributed by atoms with E-state index in [-0.39, 0.29) is 17.3 Å². The lowest BCUT2D eigenvalue weighted by Gasteiger charge is -2.06. The highest BCUT2D eigenvalue weighted by molar-refractivity contribution is 5.56. The third kappa shape index (κ3) is 2.29. The molecule has 3 rings (SSSR count). The van der Waals surface area contributed by atoms with Crippen molar-refractivity contribution in [2.45, 2.75) is 6.18 Å². The first-order chi connectivity index (χ1) is 9.54. The molecule has 0 bridgehead atoms. The van der Waals surface area contributed by atoms with Gasteiger partial charge in [-0.15, -0.1) is 10.2 Å². The van der Waals surface area contributed by atoms with Crippen molar-refractivity contribution in [1.29, 1.82) is 0 Å². The van der Waals surface area contributed by atoms with E-state index in [1.807, 2.05) is 0 Å². The maximum absolute atomic E-state index is 12.6. The molecule has 0 amide bonds. The Hall–Kier alpha value is -2.57. The first-order valence-electron chi connectivity index (χ1n) is 5.59. The number of aromatic nitrogens is 2. The standard InChI is InChI=1S/C13H7F3N2O2/c14-13(15,16)9-4-1-3-8(7-9)11-17-18-12(20-11)10-5-2-6-19-10/h1-7H. The number of halogens is 3. The van der Waals surface area contributed by atoms with Gasteiger partial charge in [-0.1, -0.05) is 6.07 Å². The molecular weight excluding hydrogens is 273 g/mol. The van der Waals surface area contributed by atoms with Crippen LogP contribution in [0.5, 0.6) is 0 Å². The highest BCUT2D eigenvalue weighted by atomic mass is 19.4. The van der Waals surface area contributed by atoms with Gasteiger partial charge in [0.05, 0.1) is 11.8 Å². The minimum Gasteiger partial charge on any atom is -0.459 e. The largest absolute Gasteiger partial charge is 0.459 e. The average Bonchev–Trinajstić information content (AvgIpc) is 3.09. The van der Waals surface area contributed by atoms with Crippen molar-refractivity contribution >= 4 is 0 Å². The van der Waals surface area contributed by atoms with Crippen molar-refractivity contribution in [3.8, 4) is 23.1 Å². The van der Waals surface area contributed by atoms with Crippen molar-refractivity contribution in [1.82, 2.24) is 10.2 Å². The predicted molar refractivity (Wildman–Crippen MR) is 62.4 cm³/mol. The molecule has 20 heavy (non-hydrogen) atoms. The van der Waals surface area contributed by atoms with Gasteiger partial charge in [-0.3, -0.25) is 0 Å². The van der Waals surface area contributed by atoms with Crippen molar-refractivity contribution in [3.63, 3.8) is 0 Å². The van der Waals surface area contributed by atoms with Crippen LogP contribution >= 0.6 is 0 Å². The van der Waals surface area contributed by atoms with Crippen molar-refractivity contribution in [2.24, 2.45) is 0 Å². The van der Waals surface area contributed by atoms with Gasteiger partial charge < -0.3 is 8.83 Å². The smallest absolute Gasteiger partial charge is 0.416 e. The van der Waals surface area contributed by atoms with Crippen LogP contribution in [0.1, 0.15) is 5.56 Å². The average molecular weight is 280 g/mol. The summed E-state index contributed by atoms with van der Waals surface area (Å²) in [4.78, 5) is 0. The summed E-state index contributed by atoms with van der Waals surface area (Å²) >= 11 is 0. The zero-order valence-electron chi connectivity index (χ0n) is 9.89. The van der Waals surface area contributed by atoms with Crippen LogP contribution in [0.3, 0.4) is 0 Å². The minimum absolute atomic E-state index is 0.00231. The third-order valence-electron chi connectivity index (χ3n) is 2.59. The summed E-state index contributed by atoms with van der Waals surface area (Å²) in [6.07, 6.45) is -2.98. The fraction of sp³-hybridized carbons (Fsp3) is 0.0769. The van der Waals surface area contributed by atoms with Gasteiger partial charge in [-0.05, 0) is 30.3 Å². The van der Waals surface area contributed by atoms with E-state index >= 15 is 0 Å². The monoisotopic (exact) mass is 280 g/mol. The fourth-order valence-electron chi connectivity index (χ4n) is 1.67. The second-order valence-electron chi connectivity index (χ2n) is 3.97. The van der Waals surface area contributed by atoms with Crippen LogP contribution < -0.4 is 0 Å². The molecule has 0 aliphatic heterocycles. The highest BCUT2D eigenvalue weighted by Crippen LogP contribution is 2.32. The van der Waals surface area contributed by atoms with Crippen LogP contribution in [0.2, 0.25) is 0 Å². The molecule has 0 unspecified atom stereocenters. The summed E-state index contributed by atoms with van der Waals surface area (Å²) in [7, 11) is 0. The lowest BCUT2D eigenvalue weighted by Crippen LogP contribution is -2.04. The molecule has 0 saturated heterocycles. The van der Waals surface area contributed by atoms with Crippen LogP contribution in [0.25, 0.3) is 23.1 Å². The maximum atomic E-state index is 12.6. The SMILES string of the molecule is FC(F)(F)c1cccc(-c2nnc(-c3ccco3)o2)c1. The van der Waals surface area contributed by atoms with E-state index in [1.54, 1.807) is 12.1 Å². The van der Waals surface area contributed by atoms with Gasteiger partial charge >= 0.3 is 6.18 Å². The summed E-state index contributed by atoms with van der Waals surface area (Å²) in [6.45, 7) is 0. The molecule has 102 valence electrons. The summed E-state index contributed by atoms with van der Waals surface area (Å²) in [5.41, 5.74) is -0.571. The van der Waals surface area contributed by atoms with E-state index < -0.39 is 11.7 Å². The Kier molecular flexibility index (Phi) is 2.81. The summed E-state index contributed by atoms with van der Waals surface area (Å²) < 4.78 is 48.3. The van der Waals surface area contributed by atoms with E-state index in [0.717, 1.165) is 12.1 Å². The molecule has 7 heteroatoms. The second kappa shape index (κ2) is 4.52. The minimum atomic E-state index is -4.42. The number of furan rings is 1. The molecule has 4 nitrogen and oxygen atoms in total. The lowest BCUT2D eigenvalue weighted by molar-refractivity contribution is -0.137.